The van der Waals surface area contributed by atoms with E-state index in [1.54, 1.807) is 12.3 Å². The standard InChI is InChI=1S/C16H13ClF2N4O3/c1-22-6-11(14(24)21-16(22)25)8-23-7-10(5-20-23)9-2-3-12(17)13(4-9)26-15(18)19/h2-7,15H,8H2,1H3,(H,21,24,25). The summed E-state index contributed by atoms with van der Waals surface area (Å²) in [4.78, 5) is 25.4. The van der Waals surface area contributed by atoms with Crippen LogP contribution in [0, 0.1) is 0 Å². The SMILES string of the molecule is Cn1cc(Cn2cc(-c3ccc(Cl)c(OC(F)F)c3)cn2)c(=O)[nH]c1=O. The molecule has 136 valence electrons. The van der Waals surface area contributed by atoms with E-state index < -0.39 is 17.9 Å². The van der Waals surface area contributed by atoms with Gasteiger partial charge in [-0.15, -0.1) is 0 Å². The number of hydrogen-bond donors (Lipinski definition) is 1. The number of aromatic amines is 1. The highest BCUT2D eigenvalue weighted by Crippen LogP contribution is 2.31. The van der Waals surface area contributed by atoms with Crippen LogP contribution in [0.3, 0.4) is 0 Å². The van der Waals surface area contributed by atoms with E-state index >= 15 is 0 Å². The average molecular weight is 383 g/mol. The first-order valence-electron chi connectivity index (χ1n) is 7.39. The van der Waals surface area contributed by atoms with Gasteiger partial charge in [0.25, 0.3) is 5.56 Å². The maximum atomic E-state index is 12.4. The van der Waals surface area contributed by atoms with Gasteiger partial charge in [0.1, 0.15) is 5.75 Å². The van der Waals surface area contributed by atoms with E-state index in [1.807, 2.05) is 0 Å². The fraction of sp³-hybridized carbons (Fsp3) is 0.188. The van der Waals surface area contributed by atoms with Crippen LogP contribution in [-0.4, -0.2) is 25.9 Å². The third-order valence-electron chi connectivity index (χ3n) is 3.63. The number of H-pyrrole nitrogens is 1. The predicted molar refractivity (Wildman–Crippen MR) is 90.7 cm³/mol. The zero-order valence-corrected chi connectivity index (χ0v) is 14.2. The van der Waals surface area contributed by atoms with Crippen LogP contribution in [-0.2, 0) is 13.6 Å². The lowest BCUT2D eigenvalue weighted by Gasteiger charge is -2.08. The van der Waals surface area contributed by atoms with Crippen molar-refractivity contribution >= 4 is 11.6 Å². The third-order valence-corrected chi connectivity index (χ3v) is 3.94. The molecular weight excluding hydrogens is 370 g/mol. The summed E-state index contributed by atoms with van der Waals surface area (Å²) in [6, 6.07) is 4.47. The second-order valence-electron chi connectivity index (χ2n) is 5.47. The Balaban J connectivity index is 1.88. The smallest absolute Gasteiger partial charge is 0.387 e. The molecular formula is C16H13ClF2N4O3. The van der Waals surface area contributed by atoms with Crippen LogP contribution in [0.4, 0.5) is 8.78 Å². The summed E-state index contributed by atoms with van der Waals surface area (Å²) in [6.45, 7) is -2.85. The van der Waals surface area contributed by atoms with Crippen molar-refractivity contribution in [3.63, 3.8) is 0 Å². The van der Waals surface area contributed by atoms with Gasteiger partial charge in [-0.2, -0.15) is 13.9 Å². The molecule has 7 nitrogen and oxygen atoms in total. The molecule has 0 aliphatic heterocycles. The molecule has 0 aliphatic rings. The molecule has 0 amide bonds. The van der Waals surface area contributed by atoms with Gasteiger partial charge >= 0.3 is 12.3 Å². The van der Waals surface area contributed by atoms with Crippen LogP contribution in [0.25, 0.3) is 11.1 Å². The van der Waals surface area contributed by atoms with Crippen molar-refractivity contribution in [2.75, 3.05) is 0 Å². The molecule has 1 aromatic carbocycles. The highest BCUT2D eigenvalue weighted by atomic mass is 35.5. The number of nitrogens with one attached hydrogen (secondary N) is 1. The molecule has 1 N–H and O–H groups in total. The van der Waals surface area contributed by atoms with Gasteiger partial charge in [0.05, 0.1) is 23.3 Å². The van der Waals surface area contributed by atoms with Gasteiger partial charge in [0.15, 0.2) is 0 Å². The molecule has 10 heteroatoms. The van der Waals surface area contributed by atoms with E-state index in [0.29, 0.717) is 16.7 Å². The van der Waals surface area contributed by atoms with Crippen LogP contribution in [0.5, 0.6) is 5.75 Å². The Kier molecular flexibility index (Phi) is 4.90. The summed E-state index contributed by atoms with van der Waals surface area (Å²) in [5.74, 6) is -0.138. The number of benzene rings is 1. The molecule has 0 saturated heterocycles. The largest absolute Gasteiger partial charge is 0.433 e. The number of halogens is 3. The topological polar surface area (TPSA) is 81.9 Å². The van der Waals surface area contributed by atoms with Crippen LogP contribution >= 0.6 is 11.6 Å². The molecule has 0 fully saturated rings. The van der Waals surface area contributed by atoms with Gasteiger partial charge in [-0.3, -0.25) is 14.5 Å². The zero-order valence-electron chi connectivity index (χ0n) is 13.4. The average Bonchev–Trinajstić information content (AvgIpc) is 3.03. The fourth-order valence-corrected chi connectivity index (χ4v) is 2.53. The summed E-state index contributed by atoms with van der Waals surface area (Å²) >= 11 is 5.84. The number of alkyl halides is 2. The van der Waals surface area contributed by atoms with E-state index in [2.05, 4.69) is 14.8 Å². The molecule has 0 aliphatic carbocycles. The Morgan fingerprint density at radius 2 is 2.04 bits per heavy atom. The Morgan fingerprint density at radius 1 is 1.27 bits per heavy atom. The lowest BCUT2D eigenvalue weighted by Crippen LogP contribution is -2.30. The predicted octanol–water partition coefficient (Wildman–Crippen LogP) is 2.24. The van der Waals surface area contributed by atoms with Crippen LogP contribution in [0.1, 0.15) is 5.56 Å². The van der Waals surface area contributed by atoms with Gasteiger partial charge in [-0.25, -0.2) is 4.79 Å². The number of hydrogen-bond acceptors (Lipinski definition) is 4. The minimum Gasteiger partial charge on any atom is -0.433 e. The van der Waals surface area contributed by atoms with Crippen molar-refractivity contribution in [3.05, 3.63) is 68.2 Å². The number of aromatic nitrogens is 4. The van der Waals surface area contributed by atoms with Gasteiger partial charge in [0.2, 0.25) is 0 Å². The molecule has 2 heterocycles. The molecule has 26 heavy (non-hydrogen) atoms. The molecule has 0 atom stereocenters. The summed E-state index contributed by atoms with van der Waals surface area (Å²) < 4.78 is 32.0. The van der Waals surface area contributed by atoms with E-state index in [4.69, 9.17) is 11.6 Å². The molecule has 3 aromatic rings. The van der Waals surface area contributed by atoms with E-state index in [1.165, 1.54) is 40.8 Å². The van der Waals surface area contributed by atoms with Crippen molar-refractivity contribution < 1.29 is 13.5 Å². The summed E-state index contributed by atoms with van der Waals surface area (Å²) in [5, 5.41) is 4.22. The third kappa shape index (κ3) is 3.83. The Bertz CT molecular complexity index is 1060. The van der Waals surface area contributed by atoms with E-state index in [0.717, 1.165) is 0 Å². The van der Waals surface area contributed by atoms with Crippen LogP contribution < -0.4 is 16.0 Å². The van der Waals surface area contributed by atoms with Crippen molar-refractivity contribution in [1.29, 1.82) is 0 Å². The minimum atomic E-state index is -2.98. The quantitative estimate of drug-likeness (QED) is 0.733. The first-order valence-corrected chi connectivity index (χ1v) is 7.77. The maximum Gasteiger partial charge on any atom is 0.387 e. The maximum absolute atomic E-state index is 12.4. The highest BCUT2D eigenvalue weighted by molar-refractivity contribution is 6.32. The first kappa shape index (κ1) is 17.9. The van der Waals surface area contributed by atoms with Crippen molar-refractivity contribution in [3.8, 4) is 16.9 Å². The van der Waals surface area contributed by atoms with E-state index in [-0.39, 0.29) is 17.3 Å². The molecule has 0 saturated carbocycles. The minimum absolute atomic E-state index is 0.0678. The second-order valence-corrected chi connectivity index (χ2v) is 5.88. The number of aryl methyl sites for hydroxylation is 1. The van der Waals surface area contributed by atoms with Crippen LogP contribution in [0.15, 0.2) is 46.4 Å². The Morgan fingerprint density at radius 3 is 2.77 bits per heavy atom. The summed E-state index contributed by atoms with van der Waals surface area (Å²) in [7, 11) is 1.52. The van der Waals surface area contributed by atoms with Crippen LogP contribution in [0.2, 0.25) is 5.02 Å². The molecule has 0 unspecified atom stereocenters. The van der Waals surface area contributed by atoms with Gasteiger partial charge < -0.3 is 9.30 Å². The van der Waals surface area contributed by atoms with Crippen molar-refractivity contribution in [1.82, 2.24) is 19.3 Å². The second kappa shape index (κ2) is 7.12. The molecule has 0 bridgehead atoms. The highest BCUT2D eigenvalue weighted by Gasteiger charge is 2.12. The van der Waals surface area contributed by atoms with Gasteiger partial charge in [-0.05, 0) is 17.7 Å². The normalized spacial score (nSPS) is 11.1. The number of ether oxygens (including phenoxy) is 1. The summed E-state index contributed by atoms with van der Waals surface area (Å²) in [5.41, 5.74) is 0.546. The van der Waals surface area contributed by atoms with Crippen molar-refractivity contribution in [2.45, 2.75) is 13.2 Å². The first-order chi connectivity index (χ1) is 12.3. The monoisotopic (exact) mass is 382 g/mol. The number of nitrogens with zero attached hydrogens (tertiary/aromatic N) is 3. The fourth-order valence-electron chi connectivity index (χ4n) is 2.37. The van der Waals surface area contributed by atoms with Crippen molar-refractivity contribution in [2.24, 2.45) is 7.05 Å². The molecule has 0 spiro atoms. The zero-order chi connectivity index (χ0) is 18.8. The Hall–Kier alpha value is -2.94. The summed E-state index contributed by atoms with van der Waals surface area (Å²) in [6.07, 6.45) is 4.59. The lowest BCUT2D eigenvalue weighted by atomic mass is 10.1. The molecule has 3 rings (SSSR count). The number of rotatable bonds is 5. The lowest BCUT2D eigenvalue weighted by molar-refractivity contribution is -0.0497. The molecule has 0 radical (unpaired) electrons. The van der Waals surface area contributed by atoms with Gasteiger partial charge in [-0.1, -0.05) is 17.7 Å². The molecule has 2 aromatic heterocycles. The Labute approximate surface area is 150 Å². The van der Waals surface area contributed by atoms with Gasteiger partial charge in [0, 0.05) is 25.0 Å². The van der Waals surface area contributed by atoms with E-state index in [9.17, 15) is 18.4 Å².